The zero-order valence-electron chi connectivity index (χ0n) is 8.84. The van der Waals surface area contributed by atoms with Gasteiger partial charge in [0.15, 0.2) is 0 Å². The van der Waals surface area contributed by atoms with E-state index in [-0.39, 0.29) is 0 Å². The quantitative estimate of drug-likeness (QED) is 0.852. The molecule has 1 aliphatic rings. The van der Waals surface area contributed by atoms with Crippen molar-refractivity contribution < 1.29 is 29.8 Å². The maximum atomic E-state index is 12.4. The Labute approximate surface area is 106 Å². The first-order valence-electron chi connectivity index (χ1n) is 5.10. The summed E-state index contributed by atoms with van der Waals surface area (Å²) in [6.45, 7) is 0. The molecule has 0 heterocycles. The van der Waals surface area contributed by atoms with Crippen molar-refractivity contribution in [3.8, 4) is 11.8 Å². The van der Waals surface area contributed by atoms with E-state index in [0.717, 1.165) is 5.56 Å². The maximum absolute atomic E-state index is 12.4. The van der Waals surface area contributed by atoms with Gasteiger partial charge in [-0.05, 0) is 0 Å². The summed E-state index contributed by atoms with van der Waals surface area (Å²) in [5.41, 5.74) is 0.215. The Kier molecular flexibility index (Phi) is 3.30. The molecule has 1 aliphatic carbocycles. The molecule has 0 bridgehead atoms. The van der Waals surface area contributed by atoms with Gasteiger partial charge in [-0.25, -0.2) is 0 Å². The van der Waals surface area contributed by atoms with Crippen LogP contribution in [0.3, 0.4) is 0 Å². The van der Waals surface area contributed by atoms with Gasteiger partial charge in [0, 0.05) is 0 Å². The molecule has 0 aromatic heterocycles. The average molecular weight is 275 g/mol. The van der Waals surface area contributed by atoms with Crippen molar-refractivity contribution in [2.24, 2.45) is 0 Å². The normalized spacial score (nSPS) is 26.8. The summed E-state index contributed by atoms with van der Waals surface area (Å²) in [7, 11) is 0. The molecule has 0 radical (unpaired) electrons. The Hall–Kier alpha value is -1.21. The summed E-state index contributed by atoms with van der Waals surface area (Å²) in [6, 6.07) is 8.84. The van der Waals surface area contributed by atoms with E-state index in [4.69, 9.17) is 10.00 Å². The number of rotatable bonds is 3. The second kappa shape index (κ2) is 4.58. The third-order valence-electron chi connectivity index (χ3n) is 2.98. The predicted octanol–water partition coefficient (Wildman–Crippen LogP) is 1.59. The van der Waals surface area contributed by atoms with E-state index >= 15 is 0 Å². The fourth-order valence-electron chi connectivity index (χ4n) is 2.06. The summed E-state index contributed by atoms with van der Waals surface area (Å²) in [6.07, 6.45) is 0.482. The number of nitriles is 1. The van der Waals surface area contributed by atoms with Crippen LogP contribution in [0, 0.1) is 11.3 Å². The van der Waals surface area contributed by atoms with Crippen LogP contribution in [0.25, 0.3) is 0 Å². The van der Waals surface area contributed by atoms with Crippen LogP contribution < -0.4 is 4.74 Å². The van der Waals surface area contributed by atoms with Gasteiger partial charge in [-0.1, -0.05) is 0 Å². The molecule has 1 fully saturated rings. The van der Waals surface area contributed by atoms with Gasteiger partial charge < -0.3 is 0 Å². The third-order valence-corrected chi connectivity index (χ3v) is 3.09. The standard InChI is InChI=1S/C12H10FNO2.Fe/c13-8-16-11-3-1-9(2-4-11)12(7-14)5-10(15)6-12;/h1-4,10,15H,5-6H2;. The molecule has 1 N–H and O–H groups in total. The number of nitrogens with zero attached hydrogens (tertiary/aromatic N) is 1. The van der Waals surface area contributed by atoms with Crippen LogP contribution in [0.1, 0.15) is 18.4 Å². The van der Waals surface area contributed by atoms with E-state index in [9.17, 15) is 9.50 Å². The molecule has 90 valence electrons. The van der Waals surface area contributed by atoms with Crippen LogP contribution in [0.2, 0.25) is 0 Å². The second-order valence-corrected chi connectivity index (χ2v) is 4.53. The van der Waals surface area contributed by atoms with Crippen LogP contribution in [0.5, 0.6) is 5.75 Å². The van der Waals surface area contributed by atoms with Gasteiger partial charge in [-0.3, -0.25) is 0 Å². The number of aliphatic hydroxyl groups is 1. The van der Waals surface area contributed by atoms with Crippen molar-refractivity contribution in [2.75, 3.05) is 0 Å². The van der Waals surface area contributed by atoms with E-state index in [1.165, 1.54) is 0 Å². The number of ether oxygens (including phenoxy) is 1. The van der Waals surface area contributed by atoms with E-state index in [0.29, 0.717) is 18.6 Å². The van der Waals surface area contributed by atoms with E-state index in [1.54, 1.807) is 24.3 Å². The van der Waals surface area contributed by atoms with Crippen molar-refractivity contribution in [3.05, 3.63) is 29.8 Å². The molecule has 0 saturated heterocycles. The van der Waals surface area contributed by atoms with Crippen LogP contribution in [0.4, 0.5) is 4.39 Å². The molecule has 0 amide bonds. The van der Waals surface area contributed by atoms with Gasteiger partial charge in [-0.2, -0.15) is 0 Å². The molecule has 1 aromatic rings. The SMILES string of the molecule is N#CC1(c2ccc(O[C](F)=[Fe])cc2)CC(O)C1. The number of hydrogen-bond donors (Lipinski definition) is 1. The van der Waals surface area contributed by atoms with Gasteiger partial charge in [0.1, 0.15) is 0 Å². The van der Waals surface area contributed by atoms with Crippen LogP contribution >= 0.6 is 0 Å². The van der Waals surface area contributed by atoms with Crippen molar-refractivity contribution in [1.29, 1.82) is 5.26 Å². The van der Waals surface area contributed by atoms with Gasteiger partial charge in [0.05, 0.1) is 0 Å². The van der Waals surface area contributed by atoms with Crippen LogP contribution in [-0.2, 0) is 21.0 Å². The zero-order chi connectivity index (χ0) is 12.5. The van der Waals surface area contributed by atoms with Gasteiger partial charge in [-0.15, -0.1) is 0 Å². The number of benzene rings is 1. The number of halogens is 1. The molecule has 0 atom stereocenters. The molecular weight excluding hydrogens is 265 g/mol. The molecule has 3 nitrogen and oxygen atoms in total. The fourth-order valence-corrected chi connectivity index (χ4v) is 2.19. The minimum absolute atomic E-state index is 0.342. The minimum atomic E-state index is -0.869. The summed E-state index contributed by atoms with van der Waals surface area (Å²) >= 11 is 3.00. The van der Waals surface area contributed by atoms with Gasteiger partial charge in [0.2, 0.25) is 0 Å². The average Bonchev–Trinajstić information content (AvgIpc) is 2.25. The number of aliphatic hydroxyl groups excluding tert-OH is 1. The summed E-state index contributed by atoms with van der Waals surface area (Å²) < 4.78 is 17.1. The Morgan fingerprint density at radius 3 is 2.47 bits per heavy atom. The van der Waals surface area contributed by atoms with E-state index in [2.05, 4.69) is 21.6 Å². The first-order valence-corrected chi connectivity index (χ1v) is 5.65. The molecule has 1 saturated carbocycles. The van der Waals surface area contributed by atoms with E-state index in [1.807, 2.05) is 0 Å². The van der Waals surface area contributed by atoms with Crippen molar-refractivity contribution in [2.45, 2.75) is 24.4 Å². The molecule has 0 spiro atoms. The third kappa shape index (κ3) is 2.39. The first kappa shape index (κ1) is 12.3. The summed E-state index contributed by atoms with van der Waals surface area (Å²) in [5.74, 6) is 0.342. The summed E-state index contributed by atoms with van der Waals surface area (Å²) in [4.78, 5) is -0.869. The molecular formula is C12H10FFeNO2. The van der Waals surface area contributed by atoms with Crippen molar-refractivity contribution in [1.82, 2.24) is 0 Å². The number of hydrogen-bond acceptors (Lipinski definition) is 3. The molecule has 0 unspecified atom stereocenters. The Morgan fingerprint density at radius 1 is 1.47 bits per heavy atom. The first-order chi connectivity index (χ1) is 8.05. The molecule has 5 heteroatoms. The van der Waals surface area contributed by atoms with E-state index < -0.39 is 16.4 Å². The van der Waals surface area contributed by atoms with Gasteiger partial charge in [0.25, 0.3) is 0 Å². The van der Waals surface area contributed by atoms with Gasteiger partial charge >= 0.3 is 106 Å². The Morgan fingerprint density at radius 2 is 2.06 bits per heavy atom. The monoisotopic (exact) mass is 275 g/mol. The molecule has 2 rings (SSSR count). The Bertz CT molecular complexity index is 474. The fraction of sp³-hybridized carbons (Fsp3) is 0.333. The molecule has 17 heavy (non-hydrogen) atoms. The molecule has 0 aliphatic heterocycles. The predicted molar refractivity (Wildman–Crippen MR) is 55.7 cm³/mol. The van der Waals surface area contributed by atoms with Crippen LogP contribution in [-0.4, -0.2) is 16.1 Å². The Balaban J connectivity index is 2.18. The second-order valence-electron chi connectivity index (χ2n) is 4.10. The van der Waals surface area contributed by atoms with Crippen molar-refractivity contribution >= 4 is 4.86 Å². The zero-order valence-corrected chi connectivity index (χ0v) is 9.94. The van der Waals surface area contributed by atoms with Crippen molar-refractivity contribution in [3.63, 3.8) is 0 Å². The summed E-state index contributed by atoms with van der Waals surface area (Å²) in [5, 5.41) is 18.5. The molecule has 1 aromatic carbocycles. The topological polar surface area (TPSA) is 53.2 Å². The van der Waals surface area contributed by atoms with Crippen LogP contribution in [0.15, 0.2) is 24.3 Å².